The van der Waals surface area contributed by atoms with Gasteiger partial charge in [-0.1, -0.05) is 13.3 Å². The Labute approximate surface area is 85.0 Å². The van der Waals surface area contributed by atoms with Crippen LogP contribution in [0, 0.1) is 11.3 Å². The van der Waals surface area contributed by atoms with Gasteiger partial charge in [0.05, 0.1) is 12.2 Å². The lowest BCUT2D eigenvalue weighted by Gasteiger charge is -2.43. The van der Waals surface area contributed by atoms with Gasteiger partial charge >= 0.3 is 0 Å². The summed E-state index contributed by atoms with van der Waals surface area (Å²) in [6, 6.07) is 0. The molecule has 4 atom stereocenters. The van der Waals surface area contributed by atoms with E-state index >= 15 is 0 Å². The number of carbonyl (C=O) groups is 1. The van der Waals surface area contributed by atoms with E-state index in [2.05, 4.69) is 6.92 Å². The Balaban J connectivity index is 1.96. The third-order valence-corrected chi connectivity index (χ3v) is 4.67. The van der Waals surface area contributed by atoms with Gasteiger partial charge in [0, 0.05) is 18.3 Å². The van der Waals surface area contributed by atoms with Crippen LogP contribution in [0.15, 0.2) is 0 Å². The van der Waals surface area contributed by atoms with Gasteiger partial charge in [-0.25, -0.2) is 0 Å². The molecular formula is C12H18O2. The second-order valence-electron chi connectivity index (χ2n) is 5.44. The summed E-state index contributed by atoms with van der Waals surface area (Å²) in [5, 5.41) is 0. The number of fused-ring (bicyclic) bond motifs is 1. The summed E-state index contributed by atoms with van der Waals surface area (Å²) in [6.07, 6.45) is 7.08. The minimum absolute atomic E-state index is 0.248. The second-order valence-corrected chi connectivity index (χ2v) is 5.44. The number of Topliss-reactive ketones (excluding diaryl/α,β-unsaturated/α-hetero) is 1. The van der Waals surface area contributed by atoms with Crippen molar-refractivity contribution in [2.45, 2.75) is 57.7 Å². The van der Waals surface area contributed by atoms with Crippen molar-refractivity contribution < 1.29 is 9.53 Å². The van der Waals surface area contributed by atoms with Crippen LogP contribution in [-0.2, 0) is 9.53 Å². The van der Waals surface area contributed by atoms with Crippen molar-refractivity contribution in [2.24, 2.45) is 11.3 Å². The second kappa shape index (κ2) is 2.82. The van der Waals surface area contributed by atoms with Crippen LogP contribution in [0.4, 0.5) is 0 Å². The highest BCUT2D eigenvalue weighted by Gasteiger charge is 2.56. The van der Waals surface area contributed by atoms with Crippen LogP contribution >= 0.6 is 0 Å². The lowest BCUT2D eigenvalue weighted by Crippen LogP contribution is -2.43. The van der Waals surface area contributed by atoms with Crippen molar-refractivity contribution in [1.29, 1.82) is 0 Å². The predicted molar refractivity (Wildman–Crippen MR) is 53.0 cm³/mol. The minimum Gasteiger partial charge on any atom is -0.374 e. The van der Waals surface area contributed by atoms with Gasteiger partial charge in [-0.2, -0.15) is 0 Å². The fourth-order valence-electron chi connectivity index (χ4n) is 3.92. The van der Waals surface area contributed by atoms with Crippen molar-refractivity contribution >= 4 is 5.78 Å². The molecule has 1 aliphatic heterocycles. The van der Waals surface area contributed by atoms with Gasteiger partial charge in [0.2, 0.25) is 0 Å². The van der Waals surface area contributed by atoms with Gasteiger partial charge in [0.25, 0.3) is 0 Å². The Morgan fingerprint density at radius 2 is 2.29 bits per heavy atom. The van der Waals surface area contributed by atoms with E-state index in [1.165, 1.54) is 19.3 Å². The van der Waals surface area contributed by atoms with E-state index in [9.17, 15) is 4.79 Å². The molecule has 1 heterocycles. The summed E-state index contributed by atoms with van der Waals surface area (Å²) < 4.78 is 6.00. The fourth-order valence-corrected chi connectivity index (χ4v) is 3.92. The molecule has 1 saturated heterocycles. The molecule has 0 aromatic carbocycles. The molecule has 1 spiro atoms. The van der Waals surface area contributed by atoms with E-state index in [1.807, 2.05) is 0 Å². The molecule has 3 fully saturated rings. The highest BCUT2D eigenvalue weighted by atomic mass is 16.5. The van der Waals surface area contributed by atoms with Crippen LogP contribution in [0.25, 0.3) is 0 Å². The van der Waals surface area contributed by atoms with Crippen molar-refractivity contribution in [3.8, 4) is 0 Å². The first-order valence-corrected chi connectivity index (χ1v) is 5.88. The van der Waals surface area contributed by atoms with Crippen LogP contribution in [-0.4, -0.2) is 18.0 Å². The number of rotatable bonds is 0. The topological polar surface area (TPSA) is 26.3 Å². The van der Waals surface area contributed by atoms with Gasteiger partial charge in [0.1, 0.15) is 5.78 Å². The van der Waals surface area contributed by atoms with Gasteiger partial charge in [-0.05, 0) is 25.2 Å². The zero-order valence-electron chi connectivity index (χ0n) is 8.79. The molecule has 2 nitrogen and oxygen atoms in total. The molecular weight excluding hydrogens is 176 g/mol. The van der Waals surface area contributed by atoms with Crippen molar-refractivity contribution in [3.63, 3.8) is 0 Å². The smallest absolute Gasteiger partial charge is 0.136 e. The van der Waals surface area contributed by atoms with Gasteiger partial charge < -0.3 is 4.74 Å². The molecule has 2 bridgehead atoms. The molecule has 0 aromatic heterocycles. The maximum atomic E-state index is 11.6. The third-order valence-electron chi connectivity index (χ3n) is 4.67. The Kier molecular flexibility index (Phi) is 1.79. The minimum atomic E-state index is 0.248. The van der Waals surface area contributed by atoms with Gasteiger partial charge in [0.15, 0.2) is 0 Å². The monoisotopic (exact) mass is 194 g/mol. The standard InChI is InChI=1S/C12H18O2/c1-8-3-2-4-11-12(8)6-9(13)5-10(7-12)14-11/h8,10-11H,2-7H2,1H3/t8?,10-,11+,12-/m0/s1. The largest absolute Gasteiger partial charge is 0.374 e. The molecule has 2 saturated carbocycles. The zero-order chi connectivity index (χ0) is 9.76. The molecule has 3 aliphatic rings. The average Bonchev–Trinajstić information content (AvgIpc) is 2.39. The van der Waals surface area contributed by atoms with Crippen LogP contribution in [0.2, 0.25) is 0 Å². The first kappa shape index (κ1) is 8.90. The molecule has 2 aliphatic carbocycles. The van der Waals surface area contributed by atoms with Gasteiger partial charge in [-0.15, -0.1) is 0 Å². The lowest BCUT2D eigenvalue weighted by molar-refractivity contribution is -0.124. The van der Waals surface area contributed by atoms with E-state index in [0.29, 0.717) is 24.2 Å². The van der Waals surface area contributed by atoms with Crippen molar-refractivity contribution in [2.75, 3.05) is 0 Å². The van der Waals surface area contributed by atoms with Crippen molar-refractivity contribution in [1.82, 2.24) is 0 Å². The number of carbonyl (C=O) groups excluding carboxylic acids is 1. The SMILES string of the molecule is CC1CCC[C@H]2O[C@H]3CC(=O)C[C@]12C3. The molecule has 1 unspecified atom stereocenters. The fraction of sp³-hybridized carbons (Fsp3) is 0.917. The molecule has 78 valence electrons. The van der Waals surface area contributed by atoms with E-state index in [0.717, 1.165) is 12.8 Å². The zero-order valence-corrected chi connectivity index (χ0v) is 8.79. The van der Waals surface area contributed by atoms with Crippen molar-refractivity contribution in [3.05, 3.63) is 0 Å². The Morgan fingerprint density at radius 3 is 3.14 bits per heavy atom. The Morgan fingerprint density at radius 1 is 1.43 bits per heavy atom. The molecule has 0 radical (unpaired) electrons. The van der Waals surface area contributed by atoms with E-state index in [1.54, 1.807) is 0 Å². The average molecular weight is 194 g/mol. The molecule has 0 amide bonds. The summed E-state index contributed by atoms with van der Waals surface area (Å²) in [5.74, 6) is 1.13. The van der Waals surface area contributed by atoms with Gasteiger partial charge in [-0.3, -0.25) is 4.79 Å². The molecule has 0 aromatic rings. The number of ketones is 1. The molecule has 3 rings (SSSR count). The van der Waals surface area contributed by atoms with E-state index < -0.39 is 0 Å². The predicted octanol–water partition coefficient (Wildman–Crippen LogP) is 2.31. The number of hydrogen-bond donors (Lipinski definition) is 0. The maximum absolute atomic E-state index is 11.6. The first-order chi connectivity index (χ1) is 6.71. The molecule has 0 N–H and O–H groups in total. The third kappa shape index (κ3) is 1.04. The normalized spacial score (nSPS) is 51.8. The van der Waals surface area contributed by atoms with Crippen LogP contribution < -0.4 is 0 Å². The van der Waals surface area contributed by atoms with E-state index in [4.69, 9.17) is 4.74 Å². The van der Waals surface area contributed by atoms with Crippen LogP contribution in [0.3, 0.4) is 0 Å². The van der Waals surface area contributed by atoms with Crippen LogP contribution in [0.1, 0.15) is 45.4 Å². The first-order valence-electron chi connectivity index (χ1n) is 5.88. The maximum Gasteiger partial charge on any atom is 0.136 e. The highest BCUT2D eigenvalue weighted by molar-refractivity contribution is 5.81. The summed E-state index contributed by atoms with van der Waals surface area (Å²) in [7, 11) is 0. The summed E-state index contributed by atoms with van der Waals surface area (Å²) in [5.41, 5.74) is 0.248. The van der Waals surface area contributed by atoms with Crippen LogP contribution in [0.5, 0.6) is 0 Å². The summed E-state index contributed by atoms with van der Waals surface area (Å²) >= 11 is 0. The van der Waals surface area contributed by atoms with E-state index in [-0.39, 0.29) is 11.5 Å². The lowest BCUT2D eigenvalue weighted by atomic mass is 9.59. The number of ether oxygens (including phenoxy) is 1. The Hall–Kier alpha value is -0.370. The Bertz CT molecular complexity index is 273. The summed E-state index contributed by atoms with van der Waals surface area (Å²) in [4.78, 5) is 11.6. The molecule has 14 heavy (non-hydrogen) atoms. The number of hydrogen-bond acceptors (Lipinski definition) is 2. The molecule has 2 heteroatoms. The highest BCUT2D eigenvalue weighted by Crippen LogP contribution is 2.56. The summed E-state index contributed by atoms with van der Waals surface area (Å²) in [6.45, 7) is 2.32. The quantitative estimate of drug-likeness (QED) is 0.591.